The van der Waals surface area contributed by atoms with E-state index in [1.807, 2.05) is 0 Å². The summed E-state index contributed by atoms with van der Waals surface area (Å²) >= 11 is 0. The summed E-state index contributed by atoms with van der Waals surface area (Å²) in [6, 6.07) is 8.81. The molecule has 2 nitrogen and oxygen atoms in total. The van der Waals surface area contributed by atoms with E-state index in [9.17, 15) is 0 Å². The lowest BCUT2D eigenvalue weighted by Gasteiger charge is -2.16. The SMILES string of the molecule is CCCNCCCCCN(C)Cc1cccc(C)c1. The van der Waals surface area contributed by atoms with Crippen LogP contribution in [-0.2, 0) is 6.54 Å². The van der Waals surface area contributed by atoms with Crippen molar-refractivity contribution < 1.29 is 0 Å². The standard InChI is InChI=1S/C17H30N2/c1-4-11-18-12-6-5-7-13-19(3)15-17-10-8-9-16(2)14-17/h8-10,14,18H,4-7,11-13,15H2,1-3H3. The van der Waals surface area contributed by atoms with E-state index in [1.165, 1.54) is 49.9 Å². The van der Waals surface area contributed by atoms with Crippen molar-refractivity contribution in [2.75, 3.05) is 26.7 Å². The minimum atomic E-state index is 1.07. The second-order valence-electron chi connectivity index (χ2n) is 5.54. The normalized spacial score (nSPS) is 11.2. The summed E-state index contributed by atoms with van der Waals surface area (Å²) in [4.78, 5) is 2.42. The van der Waals surface area contributed by atoms with Crippen LogP contribution in [-0.4, -0.2) is 31.6 Å². The van der Waals surface area contributed by atoms with Gasteiger partial charge in [-0.25, -0.2) is 0 Å². The molecule has 0 saturated heterocycles. The van der Waals surface area contributed by atoms with Gasteiger partial charge in [0, 0.05) is 6.54 Å². The van der Waals surface area contributed by atoms with Gasteiger partial charge in [0.15, 0.2) is 0 Å². The second kappa shape index (κ2) is 9.99. The average Bonchev–Trinajstić information content (AvgIpc) is 2.37. The molecule has 0 spiro atoms. The van der Waals surface area contributed by atoms with Crippen LogP contribution in [0.15, 0.2) is 24.3 Å². The predicted octanol–water partition coefficient (Wildman–Crippen LogP) is 3.60. The molecule has 1 N–H and O–H groups in total. The molecule has 0 fully saturated rings. The molecule has 0 heterocycles. The number of aryl methyl sites for hydroxylation is 1. The van der Waals surface area contributed by atoms with Gasteiger partial charge in [0.25, 0.3) is 0 Å². The fourth-order valence-electron chi connectivity index (χ4n) is 2.31. The summed E-state index contributed by atoms with van der Waals surface area (Å²) in [7, 11) is 2.22. The highest BCUT2D eigenvalue weighted by Gasteiger charge is 2.00. The van der Waals surface area contributed by atoms with E-state index < -0.39 is 0 Å². The Hall–Kier alpha value is -0.860. The van der Waals surface area contributed by atoms with Crippen molar-refractivity contribution in [3.05, 3.63) is 35.4 Å². The van der Waals surface area contributed by atoms with Gasteiger partial charge in [0.2, 0.25) is 0 Å². The molecule has 0 aliphatic rings. The van der Waals surface area contributed by atoms with Crippen molar-refractivity contribution in [3.8, 4) is 0 Å². The van der Waals surface area contributed by atoms with E-state index in [2.05, 4.69) is 55.4 Å². The number of nitrogens with zero attached hydrogens (tertiary/aromatic N) is 1. The van der Waals surface area contributed by atoms with Gasteiger partial charge in [-0.2, -0.15) is 0 Å². The van der Waals surface area contributed by atoms with Gasteiger partial charge in [-0.15, -0.1) is 0 Å². The zero-order valence-corrected chi connectivity index (χ0v) is 12.9. The van der Waals surface area contributed by atoms with Crippen LogP contribution in [0.3, 0.4) is 0 Å². The molecule has 1 rings (SSSR count). The van der Waals surface area contributed by atoms with Gasteiger partial charge < -0.3 is 10.2 Å². The molecule has 0 aliphatic carbocycles. The van der Waals surface area contributed by atoms with Gasteiger partial charge >= 0.3 is 0 Å². The lowest BCUT2D eigenvalue weighted by Crippen LogP contribution is -2.20. The summed E-state index contributed by atoms with van der Waals surface area (Å²) in [6.45, 7) is 8.97. The van der Waals surface area contributed by atoms with E-state index in [4.69, 9.17) is 0 Å². The van der Waals surface area contributed by atoms with Gasteiger partial charge in [0.1, 0.15) is 0 Å². The molecule has 0 saturated carbocycles. The molecule has 1 aromatic carbocycles. The molecule has 0 amide bonds. The molecule has 0 radical (unpaired) electrons. The summed E-state index contributed by atoms with van der Waals surface area (Å²) in [6.07, 6.45) is 5.17. The first-order valence-corrected chi connectivity index (χ1v) is 7.67. The van der Waals surface area contributed by atoms with E-state index >= 15 is 0 Å². The van der Waals surface area contributed by atoms with Crippen molar-refractivity contribution >= 4 is 0 Å². The Bertz CT molecular complexity index is 336. The number of hydrogen-bond acceptors (Lipinski definition) is 2. The Kier molecular flexibility index (Phi) is 8.52. The number of unbranched alkanes of at least 4 members (excludes halogenated alkanes) is 2. The van der Waals surface area contributed by atoms with Crippen molar-refractivity contribution in [1.29, 1.82) is 0 Å². The zero-order valence-electron chi connectivity index (χ0n) is 12.9. The fourth-order valence-corrected chi connectivity index (χ4v) is 2.31. The van der Waals surface area contributed by atoms with E-state index in [0.29, 0.717) is 0 Å². The number of hydrogen-bond donors (Lipinski definition) is 1. The Morgan fingerprint density at radius 2 is 1.95 bits per heavy atom. The van der Waals surface area contributed by atoms with E-state index in [0.717, 1.165) is 13.1 Å². The third-order valence-electron chi connectivity index (χ3n) is 3.36. The minimum absolute atomic E-state index is 1.07. The lowest BCUT2D eigenvalue weighted by molar-refractivity contribution is 0.317. The van der Waals surface area contributed by atoms with Crippen molar-refractivity contribution in [2.24, 2.45) is 0 Å². The molecular formula is C17H30N2. The topological polar surface area (TPSA) is 15.3 Å². The first kappa shape index (κ1) is 16.2. The Morgan fingerprint density at radius 3 is 2.68 bits per heavy atom. The molecule has 0 aromatic heterocycles. The maximum Gasteiger partial charge on any atom is 0.0230 e. The maximum atomic E-state index is 3.46. The monoisotopic (exact) mass is 262 g/mol. The Labute approximate surface area is 119 Å². The van der Waals surface area contributed by atoms with E-state index in [-0.39, 0.29) is 0 Å². The smallest absolute Gasteiger partial charge is 0.0230 e. The summed E-state index contributed by atoms with van der Waals surface area (Å²) < 4.78 is 0. The van der Waals surface area contributed by atoms with Gasteiger partial charge in [-0.1, -0.05) is 43.2 Å². The Balaban J connectivity index is 2.06. The highest BCUT2D eigenvalue weighted by molar-refractivity contribution is 5.21. The first-order chi connectivity index (χ1) is 9.22. The summed E-state index contributed by atoms with van der Waals surface area (Å²) in [5, 5.41) is 3.46. The molecule has 19 heavy (non-hydrogen) atoms. The first-order valence-electron chi connectivity index (χ1n) is 7.67. The Morgan fingerprint density at radius 1 is 1.11 bits per heavy atom. The highest BCUT2D eigenvalue weighted by atomic mass is 15.1. The van der Waals surface area contributed by atoms with Gasteiger partial charge in [-0.3, -0.25) is 0 Å². The van der Waals surface area contributed by atoms with Crippen LogP contribution in [0.5, 0.6) is 0 Å². The molecule has 0 atom stereocenters. The van der Waals surface area contributed by atoms with Crippen LogP contribution in [0.1, 0.15) is 43.7 Å². The fraction of sp³-hybridized carbons (Fsp3) is 0.647. The molecule has 1 aromatic rings. The van der Waals surface area contributed by atoms with Crippen LogP contribution in [0.4, 0.5) is 0 Å². The second-order valence-corrected chi connectivity index (χ2v) is 5.54. The van der Waals surface area contributed by atoms with E-state index in [1.54, 1.807) is 0 Å². The van der Waals surface area contributed by atoms with Crippen LogP contribution in [0.25, 0.3) is 0 Å². The number of benzene rings is 1. The predicted molar refractivity (Wildman–Crippen MR) is 84.5 cm³/mol. The largest absolute Gasteiger partial charge is 0.317 e. The van der Waals surface area contributed by atoms with Crippen LogP contribution in [0.2, 0.25) is 0 Å². The number of nitrogens with one attached hydrogen (secondary N) is 1. The van der Waals surface area contributed by atoms with Crippen molar-refractivity contribution in [3.63, 3.8) is 0 Å². The van der Waals surface area contributed by atoms with Crippen LogP contribution >= 0.6 is 0 Å². The summed E-state index contributed by atoms with van der Waals surface area (Å²) in [5.74, 6) is 0. The third kappa shape index (κ3) is 8.02. The summed E-state index contributed by atoms with van der Waals surface area (Å²) in [5.41, 5.74) is 2.78. The molecule has 0 unspecified atom stereocenters. The zero-order chi connectivity index (χ0) is 13.9. The molecule has 2 heteroatoms. The van der Waals surface area contributed by atoms with Crippen LogP contribution < -0.4 is 5.32 Å². The molecule has 108 valence electrons. The minimum Gasteiger partial charge on any atom is -0.317 e. The maximum absolute atomic E-state index is 3.46. The van der Waals surface area contributed by atoms with Gasteiger partial charge in [0.05, 0.1) is 0 Å². The number of rotatable bonds is 10. The molecule has 0 aliphatic heterocycles. The van der Waals surface area contributed by atoms with Crippen LogP contribution in [0, 0.1) is 6.92 Å². The lowest BCUT2D eigenvalue weighted by atomic mass is 10.1. The highest BCUT2D eigenvalue weighted by Crippen LogP contribution is 2.07. The quantitative estimate of drug-likeness (QED) is 0.648. The van der Waals surface area contributed by atoms with Crippen molar-refractivity contribution in [2.45, 2.75) is 46.1 Å². The molecule has 0 bridgehead atoms. The molecular weight excluding hydrogens is 232 g/mol. The van der Waals surface area contributed by atoms with Gasteiger partial charge in [-0.05, 0) is 58.4 Å². The third-order valence-corrected chi connectivity index (χ3v) is 3.36. The van der Waals surface area contributed by atoms with Crippen molar-refractivity contribution in [1.82, 2.24) is 10.2 Å². The average molecular weight is 262 g/mol.